The van der Waals surface area contributed by atoms with E-state index in [2.05, 4.69) is 48.0 Å². The van der Waals surface area contributed by atoms with Gasteiger partial charge in [-0.25, -0.2) is 15.4 Å². The number of morpholine rings is 1. The fraction of sp³-hybridized carbons (Fsp3) is 0.381. The fourth-order valence-corrected chi connectivity index (χ4v) is 3.95. The predicted molar refractivity (Wildman–Crippen MR) is 120 cm³/mol. The number of nitrogens with zero attached hydrogens (tertiary/aromatic N) is 5. The third-order valence-electron chi connectivity index (χ3n) is 4.88. The first-order valence-electron chi connectivity index (χ1n) is 9.83. The van der Waals surface area contributed by atoms with E-state index < -0.39 is 0 Å². The number of ether oxygens (including phenoxy) is 1. The fourth-order valence-electron chi connectivity index (χ4n) is 3.15. The third kappa shape index (κ3) is 4.84. The zero-order valence-corrected chi connectivity index (χ0v) is 18.2. The maximum Gasteiger partial charge on any atom is 0.148 e. The lowest BCUT2D eigenvalue weighted by Crippen LogP contribution is -2.37. The molecule has 0 aliphatic carbocycles. The molecule has 4 rings (SSSR count). The molecule has 0 unspecified atom stereocenters. The van der Waals surface area contributed by atoms with Gasteiger partial charge < -0.3 is 19.4 Å². The minimum Gasteiger partial charge on any atom is -0.378 e. The van der Waals surface area contributed by atoms with E-state index in [0.717, 1.165) is 53.7 Å². The molecular weight excluding hydrogens is 398 g/mol. The molecular formula is C21H25N7OS. The molecule has 0 saturated carbocycles. The van der Waals surface area contributed by atoms with E-state index >= 15 is 0 Å². The Morgan fingerprint density at radius 3 is 2.73 bits per heavy atom. The Morgan fingerprint density at radius 1 is 1.13 bits per heavy atom. The molecule has 4 heterocycles. The standard InChI is InChI=1S/C21H25N7OS/c1-15-19(21(24-14-23-15)28-6-8-29-9-7-28)5-4-17-10-20(16(2)22-11-17)26-30-18-12-25-27(3)13-18/h10-11,13-14,25-26H,6-9,12H2,1-3H3. The molecule has 0 radical (unpaired) electrons. The van der Waals surface area contributed by atoms with Crippen LogP contribution in [0.15, 0.2) is 29.7 Å². The van der Waals surface area contributed by atoms with Crippen LogP contribution in [0.2, 0.25) is 0 Å². The molecule has 1 saturated heterocycles. The molecule has 156 valence electrons. The highest BCUT2D eigenvalue weighted by molar-refractivity contribution is 8.04. The molecule has 0 atom stereocenters. The van der Waals surface area contributed by atoms with Crippen molar-refractivity contribution in [2.45, 2.75) is 13.8 Å². The van der Waals surface area contributed by atoms with Gasteiger partial charge in [0.1, 0.15) is 12.1 Å². The van der Waals surface area contributed by atoms with Crippen LogP contribution in [-0.2, 0) is 4.74 Å². The van der Waals surface area contributed by atoms with Crippen molar-refractivity contribution in [3.05, 3.63) is 52.2 Å². The minimum absolute atomic E-state index is 0.701. The van der Waals surface area contributed by atoms with E-state index in [0.29, 0.717) is 13.2 Å². The van der Waals surface area contributed by atoms with Crippen LogP contribution in [0.1, 0.15) is 22.5 Å². The average Bonchev–Trinajstić information content (AvgIpc) is 3.18. The number of rotatable bonds is 4. The first-order valence-corrected chi connectivity index (χ1v) is 10.6. The van der Waals surface area contributed by atoms with Crippen molar-refractivity contribution >= 4 is 23.5 Å². The number of aryl methyl sites for hydroxylation is 2. The summed E-state index contributed by atoms with van der Waals surface area (Å²) in [5.41, 5.74) is 7.68. The Hall–Kier alpha value is -2.80. The Labute approximate surface area is 181 Å². The largest absolute Gasteiger partial charge is 0.378 e. The summed E-state index contributed by atoms with van der Waals surface area (Å²) in [7, 11) is 1.98. The van der Waals surface area contributed by atoms with Gasteiger partial charge in [-0.15, -0.1) is 0 Å². The van der Waals surface area contributed by atoms with Crippen molar-refractivity contribution in [3.8, 4) is 11.8 Å². The number of nitrogens with one attached hydrogen (secondary N) is 2. The van der Waals surface area contributed by atoms with E-state index in [1.54, 1.807) is 24.5 Å². The summed E-state index contributed by atoms with van der Waals surface area (Å²) < 4.78 is 8.85. The normalized spacial score (nSPS) is 16.2. The molecule has 0 amide bonds. The number of anilines is 2. The molecule has 0 bridgehead atoms. The zero-order chi connectivity index (χ0) is 20.9. The molecule has 2 aliphatic rings. The topological polar surface area (TPSA) is 78.4 Å². The van der Waals surface area contributed by atoms with Gasteiger partial charge in [-0.1, -0.05) is 11.8 Å². The van der Waals surface area contributed by atoms with Gasteiger partial charge in [0.05, 0.1) is 35.9 Å². The Morgan fingerprint density at radius 2 is 1.97 bits per heavy atom. The average molecular weight is 424 g/mol. The van der Waals surface area contributed by atoms with Gasteiger partial charge in [0.15, 0.2) is 0 Å². The van der Waals surface area contributed by atoms with Crippen LogP contribution in [0.4, 0.5) is 11.5 Å². The Kier molecular flexibility index (Phi) is 6.38. The number of hydrogen-bond acceptors (Lipinski definition) is 9. The highest BCUT2D eigenvalue weighted by atomic mass is 32.2. The van der Waals surface area contributed by atoms with Gasteiger partial charge in [0.2, 0.25) is 0 Å². The van der Waals surface area contributed by atoms with Crippen molar-refractivity contribution in [1.82, 2.24) is 25.4 Å². The quantitative estimate of drug-likeness (QED) is 0.568. The monoisotopic (exact) mass is 423 g/mol. The predicted octanol–water partition coefficient (Wildman–Crippen LogP) is 2.08. The molecule has 0 aromatic carbocycles. The first kappa shape index (κ1) is 20.5. The second-order valence-corrected chi connectivity index (χ2v) is 8.04. The summed E-state index contributed by atoms with van der Waals surface area (Å²) in [6, 6.07) is 2.03. The van der Waals surface area contributed by atoms with Gasteiger partial charge >= 0.3 is 0 Å². The zero-order valence-electron chi connectivity index (χ0n) is 17.4. The van der Waals surface area contributed by atoms with E-state index in [-0.39, 0.29) is 0 Å². The summed E-state index contributed by atoms with van der Waals surface area (Å²) in [5, 5.41) is 1.95. The third-order valence-corrected chi connectivity index (χ3v) is 5.71. The van der Waals surface area contributed by atoms with E-state index in [9.17, 15) is 0 Å². The molecule has 9 heteroatoms. The Balaban J connectivity index is 1.55. The van der Waals surface area contributed by atoms with Crippen LogP contribution in [-0.4, -0.2) is 59.9 Å². The first-order chi connectivity index (χ1) is 14.6. The van der Waals surface area contributed by atoms with Gasteiger partial charge in [-0.3, -0.25) is 4.98 Å². The second kappa shape index (κ2) is 9.34. The van der Waals surface area contributed by atoms with Crippen LogP contribution in [0.3, 0.4) is 0 Å². The SMILES string of the molecule is Cc1ncc(C#Cc2c(C)ncnc2N2CCOCC2)cc1NSC1=CN(C)NC1. The molecule has 2 aliphatic heterocycles. The van der Waals surface area contributed by atoms with Gasteiger partial charge in [-0.2, -0.15) is 0 Å². The molecule has 30 heavy (non-hydrogen) atoms. The maximum atomic E-state index is 5.46. The van der Waals surface area contributed by atoms with Crippen molar-refractivity contribution in [1.29, 1.82) is 0 Å². The molecule has 8 nitrogen and oxygen atoms in total. The van der Waals surface area contributed by atoms with Crippen LogP contribution in [0, 0.1) is 25.7 Å². The summed E-state index contributed by atoms with van der Waals surface area (Å²) in [6.45, 7) is 7.79. The lowest BCUT2D eigenvalue weighted by atomic mass is 10.1. The summed E-state index contributed by atoms with van der Waals surface area (Å²) >= 11 is 1.58. The minimum atomic E-state index is 0.701. The van der Waals surface area contributed by atoms with Crippen LogP contribution in [0.25, 0.3) is 0 Å². The summed E-state index contributed by atoms with van der Waals surface area (Å²) in [6.07, 6.45) is 5.47. The molecule has 0 spiro atoms. The van der Waals surface area contributed by atoms with Crippen LogP contribution < -0.4 is 15.0 Å². The van der Waals surface area contributed by atoms with Crippen molar-refractivity contribution < 1.29 is 4.74 Å². The highest BCUT2D eigenvalue weighted by Gasteiger charge is 2.17. The molecule has 2 aromatic rings. The number of hydrazine groups is 1. The Bertz CT molecular complexity index is 1010. The maximum absolute atomic E-state index is 5.46. The molecule has 1 fully saturated rings. The van der Waals surface area contributed by atoms with Crippen molar-refractivity contribution in [3.63, 3.8) is 0 Å². The van der Waals surface area contributed by atoms with Crippen molar-refractivity contribution in [2.75, 3.05) is 49.5 Å². The molecule has 2 N–H and O–H groups in total. The van der Waals surface area contributed by atoms with E-state index in [1.807, 2.05) is 32.0 Å². The summed E-state index contributed by atoms with van der Waals surface area (Å²) in [4.78, 5) is 16.8. The van der Waals surface area contributed by atoms with Gasteiger partial charge in [0.25, 0.3) is 0 Å². The molecule has 2 aromatic heterocycles. The van der Waals surface area contributed by atoms with Crippen LogP contribution >= 0.6 is 11.9 Å². The lowest BCUT2D eigenvalue weighted by Gasteiger charge is -2.28. The van der Waals surface area contributed by atoms with Gasteiger partial charge in [-0.05, 0) is 31.9 Å². The number of pyridine rings is 1. The second-order valence-electron chi connectivity index (χ2n) is 7.11. The van der Waals surface area contributed by atoms with Crippen molar-refractivity contribution in [2.24, 2.45) is 0 Å². The highest BCUT2D eigenvalue weighted by Crippen LogP contribution is 2.24. The van der Waals surface area contributed by atoms with Crippen LogP contribution in [0.5, 0.6) is 0 Å². The lowest BCUT2D eigenvalue weighted by molar-refractivity contribution is 0.122. The smallest absolute Gasteiger partial charge is 0.148 e. The number of hydrogen-bond donors (Lipinski definition) is 2. The van der Waals surface area contributed by atoms with E-state index in [4.69, 9.17) is 4.74 Å². The van der Waals surface area contributed by atoms with E-state index in [1.165, 1.54) is 4.91 Å². The van der Waals surface area contributed by atoms with Gasteiger partial charge in [0, 0.05) is 49.5 Å². The summed E-state index contributed by atoms with van der Waals surface area (Å²) in [5.74, 6) is 7.41. The number of aromatic nitrogens is 3.